The van der Waals surface area contributed by atoms with Gasteiger partial charge in [0, 0.05) is 18.7 Å². The van der Waals surface area contributed by atoms with Gasteiger partial charge in [0.2, 0.25) is 5.78 Å². The van der Waals surface area contributed by atoms with E-state index in [9.17, 15) is 9.90 Å². The number of nitrogens with zero attached hydrogens (tertiary/aromatic N) is 1. The molecule has 4 rings (SSSR count). The van der Waals surface area contributed by atoms with E-state index < -0.39 is 0 Å². The number of ketones is 1. The third-order valence-corrected chi connectivity index (χ3v) is 5.03. The van der Waals surface area contributed by atoms with Crippen molar-refractivity contribution in [2.75, 3.05) is 6.54 Å². The van der Waals surface area contributed by atoms with Gasteiger partial charge in [0.1, 0.15) is 17.3 Å². The van der Waals surface area contributed by atoms with E-state index in [2.05, 4.69) is 11.8 Å². The molecule has 1 saturated heterocycles. The predicted octanol–water partition coefficient (Wildman–Crippen LogP) is 3.98. The summed E-state index contributed by atoms with van der Waals surface area (Å²) in [7, 11) is 0. The Kier molecular flexibility index (Phi) is 4.09. The van der Waals surface area contributed by atoms with E-state index in [-0.39, 0.29) is 17.3 Å². The molecular formula is C20H21NO4. The number of benzene rings is 1. The Balaban J connectivity index is 1.67. The second-order valence-corrected chi connectivity index (χ2v) is 6.71. The summed E-state index contributed by atoms with van der Waals surface area (Å²) in [5.74, 6) is 1.25. The number of phenols is 1. The Hall–Kier alpha value is -2.53. The second-order valence-electron chi connectivity index (χ2n) is 6.71. The first-order chi connectivity index (χ1) is 12.1. The van der Waals surface area contributed by atoms with Crippen LogP contribution in [0, 0.1) is 0 Å². The maximum absolute atomic E-state index is 12.6. The van der Waals surface area contributed by atoms with Crippen molar-refractivity contribution in [3.05, 3.63) is 53.2 Å². The van der Waals surface area contributed by atoms with Crippen LogP contribution in [0.4, 0.5) is 0 Å². The molecule has 0 bridgehead atoms. The lowest BCUT2D eigenvalue weighted by atomic mass is 10.0. The van der Waals surface area contributed by atoms with E-state index in [1.54, 1.807) is 36.6 Å². The van der Waals surface area contributed by atoms with Crippen LogP contribution in [-0.2, 0) is 6.54 Å². The van der Waals surface area contributed by atoms with Crippen molar-refractivity contribution in [2.45, 2.75) is 38.8 Å². The van der Waals surface area contributed by atoms with Crippen LogP contribution in [0.1, 0.15) is 47.9 Å². The van der Waals surface area contributed by atoms with Gasteiger partial charge in [-0.05, 0) is 50.6 Å². The summed E-state index contributed by atoms with van der Waals surface area (Å²) in [5.41, 5.74) is 1.18. The molecule has 0 aliphatic carbocycles. The molecule has 2 aromatic rings. The smallest absolute Gasteiger partial charge is 0.232 e. The van der Waals surface area contributed by atoms with Crippen molar-refractivity contribution in [3.63, 3.8) is 0 Å². The molecule has 3 heterocycles. The number of likely N-dealkylation sites (tertiary alicyclic amines) is 1. The molecule has 2 aliphatic heterocycles. The van der Waals surface area contributed by atoms with Gasteiger partial charge in [-0.1, -0.05) is 6.42 Å². The summed E-state index contributed by atoms with van der Waals surface area (Å²) in [6.07, 6.45) is 6.69. The molecule has 1 N–H and O–H groups in total. The van der Waals surface area contributed by atoms with E-state index in [0.717, 1.165) is 19.4 Å². The number of fused-ring (bicyclic) bond motifs is 1. The zero-order valence-corrected chi connectivity index (χ0v) is 14.2. The number of carbonyl (C=O) groups is 1. The molecular weight excluding hydrogens is 318 g/mol. The molecule has 0 spiro atoms. The summed E-state index contributed by atoms with van der Waals surface area (Å²) in [5, 5.41) is 10.4. The van der Waals surface area contributed by atoms with Gasteiger partial charge in [-0.2, -0.15) is 0 Å². The van der Waals surface area contributed by atoms with Gasteiger partial charge >= 0.3 is 0 Å². The summed E-state index contributed by atoms with van der Waals surface area (Å²) in [6, 6.07) is 7.19. The molecule has 25 heavy (non-hydrogen) atoms. The van der Waals surface area contributed by atoms with E-state index in [1.165, 1.54) is 6.42 Å². The maximum Gasteiger partial charge on any atom is 0.232 e. The second kappa shape index (κ2) is 6.41. The fourth-order valence-corrected chi connectivity index (χ4v) is 3.55. The van der Waals surface area contributed by atoms with Crippen molar-refractivity contribution in [2.24, 2.45) is 0 Å². The fourth-order valence-electron chi connectivity index (χ4n) is 3.55. The average molecular weight is 339 g/mol. The van der Waals surface area contributed by atoms with E-state index in [0.29, 0.717) is 35.2 Å². The van der Waals surface area contributed by atoms with Crippen molar-refractivity contribution < 1.29 is 19.1 Å². The van der Waals surface area contributed by atoms with Crippen LogP contribution >= 0.6 is 0 Å². The van der Waals surface area contributed by atoms with Crippen molar-refractivity contribution in [1.29, 1.82) is 0 Å². The normalized spacial score (nSPS) is 22.2. The van der Waals surface area contributed by atoms with E-state index >= 15 is 0 Å². The first kappa shape index (κ1) is 16.0. The Morgan fingerprint density at radius 3 is 2.96 bits per heavy atom. The van der Waals surface area contributed by atoms with Crippen LogP contribution in [0.3, 0.4) is 0 Å². The molecule has 1 fully saturated rings. The van der Waals surface area contributed by atoms with Gasteiger partial charge < -0.3 is 14.3 Å². The van der Waals surface area contributed by atoms with Crippen LogP contribution < -0.4 is 4.74 Å². The lowest BCUT2D eigenvalue weighted by molar-refractivity contribution is 0.101. The molecule has 5 heteroatoms. The number of phenolic OH excluding ortho intramolecular Hbond substituents is 1. The van der Waals surface area contributed by atoms with Crippen LogP contribution in [-0.4, -0.2) is 28.4 Å². The highest BCUT2D eigenvalue weighted by molar-refractivity contribution is 6.14. The highest BCUT2D eigenvalue weighted by Crippen LogP contribution is 2.40. The number of hydrogen-bond acceptors (Lipinski definition) is 5. The summed E-state index contributed by atoms with van der Waals surface area (Å²) in [4.78, 5) is 14.9. The Morgan fingerprint density at radius 1 is 1.32 bits per heavy atom. The number of carbonyl (C=O) groups excluding carboxylic acids is 1. The third kappa shape index (κ3) is 2.96. The molecule has 0 radical (unpaired) electrons. The maximum atomic E-state index is 12.6. The summed E-state index contributed by atoms with van der Waals surface area (Å²) in [6.45, 7) is 3.78. The van der Waals surface area contributed by atoms with Crippen molar-refractivity contribution in [1.82, 2.24) is 4.90 Å². The van der Waals surface area contributed by atoms with Crippen LogP contribution in [0.5, 0.6) is 11.5 Å². The lowest BCUT2D eigenvalue weighted by Gasteiger charge is -2.33. The molecule has 130 valence electrons. The van der Waals surface area contributed by atoms with Gasteiger partial charge in [0.25, 0.3) is 0 Å². The summed E-state index contributed by atoms with van der Waals surface area (Å²) >= 11 is 0. The molecule has 5 nitrogen and oxygen atoms in total. The average Bonchev–Trinajstić information content (AvgIpc) is 3.21. The topological polar surface area (TPSA) is 62.9 Å². The Labute approximate surface area is 146 Å². The fraction of sp³-hybridized carbons (Fsp3) is 0.350. The summed E-state index contributed by atoms with van der Waals surface area (Å²) < 4.78 is 11.1. The molecule has 1 atom stereocenters. The minimum atomic E-state index is -0.181. The number of ether oxygens (including phenoxy) is 1. The first-order valence-corrected chi connectivity index (χ1v) is 8.70. The molecule has 0 amide bonds. The van der Waals surface area contributed by atoms with Crippen LogP contribution in [0.25, 0.3) is 6.08 Å². The van der Waals surface area contributed by atoms with Crippen LogP contribution in [0.2, 0.25) is 0 Å². The van der Waals surface area contributed by atoms with E-state index in [4.69, 9.17) is 9.15 Å². The highest BCUT2D eigenvalue weighted by atomic mass is 16.5. The molecule has 0 unspecified atom stereocenters. The van der Waals surface area contributed by atoms with Crippen molar-refractivity contribution in [3.8, 4) is 11.5 Å². The predicted molar refractivity (Wildman–Crippen MR) is 93.5 cm³/mol. The number of rotatable bonds is 3. The SMILES string of the molecule is C[C@@H]1CCCCN1Cc1c(O)ccc2c1OC(=Cc1ccco1)C2=O. The minimum absolute atomic E-state index is 0.170. The van der Waals surface area contributed by atoms with Gasteiger partial charge in [-0.15, -0.1) is 0 Å². The first-order valence-electron chi connectivity index (χ1n) is 8.70. The van der Waals surface area contributed by atoms with Crippen LogP contribution in [0.15, 0.2) is 40.7 Å². The zero-order valence-electron chi connectivity index (χ0n) is 14.2. The van der Waals surface area contributed by atoms with Crippen molar-refractivity contribution >= 4 is 11.9 Å². The quantitative estimate of drug-likeness (QED) is 0.857. The highest BCUT2D eigenvalue weighted by Gasteiger charge is 2.32. The number of furan rings is 1. The third-order valence-electron chi connectivity index (χ3n) is 5.03. The van der Waals surface area contributed by atoms with E-state index in [1.807, 2.05) is 0 Å². The van der Waals surface area contributed by atoms with Gasteiger partial charge in [0.05, 0.1) is 17.4 Å². The standard InChI is InChI=1S/C20H21NO4/c1-13-5-2-3-9-21(13)12-16-17(22)8-7-15-19(23)18(25-20(15)16)11-14-6-4-10-24-14/h4,6-8,10-11,13,22H,2-3,5,9,12H2,1H3/t13-/m1/s1. The molecule has 2 aliphatic rings. The minimum Gasteiger partial charge on any atom is -0.507 e. The van der Waals surface area contributed by atoms with Gasteiger partial charge in [0.15, 0.2) is 5.76 Å². The number of aromatic hydroxyl groups is 1. The number of allylic oxidation sites excluding steroid dienone is 1. The lowest BCUT2D eigenvalue weighted by Crippen LogP contribution is -2.36. The molecule has 1 aromatic heterocycles. The molecule has 0 saturated carbocycles. The number of hydrogen-bond donors (Lipinski definition) is 1. The molecule has 1 aromatic carbocycles. The number of Topliss-reactive ketones (excluding diaryl/α,β-unsaturated/α-hetero) is 1. The number of piperidine rings is 1. The Bertz CT molecular complexity index is 822. The zero-order chi connectivity index (χ0) is 17.4. The van der Waals surface area contributed by atoms with Gasteiger partial charge in [-0.3, -0.25) is 9.69 Å². The van der Waals surface area contributed by atoms with Gasteiger partial charge in [-0.25, -0.2) is 0 Å². The largest absolute Gasteiger partial charge is 0.507 e. The Morgan fingerprint density at radius 2 is 2.20 bits per heavy atom. The monoisotopic (exact) mass is 339 g/mol.